The normalized spacial score (nSPS) is 10.0. The Morgan fingerprint density at radius 3 is 2.43 bits per heavy atom. The topological polar surface area (TPSA) is 54.5 Å². The lowest BCUT2D eigenvalue weighted by atomic mass is 10.3. The molecule has 0 unspecified atom stereocenters. The number of amides is 1. The first-order chi connectivity index (χ1) is 10.2. The third-order valence-corrected chi connectivity index (χ3v) is 3.04. The van der Waals surface area contributed by atoms with Gasteiger partial charge in [-0.25, -0.2) is 9.78 Å². The second kappa shape index (κ2) is 7.28. The van der Waals surface area contributed by atoms with Crippen LogP contribution < -0.4 is 15.0 Å². The molecule has 0 radical (unpaired) electrons. The fraction of sp³-hybridized carbons (Fsp3) is 0.250. The molecule has 0 aliphatic heterocycles. The Hall–Kier alpha value is -2.56. The average Bonchev–Trinajstić information content (AvgIpc) is 2.51. The highest BCUT2D eigenvalue weighted by atomic mass is 16.6. The van der Waals surface area contributed by atoms with Crippen molar-refractivity contribution in [3.05, 3.63) is 48.7 Å². The number of pyridine rings is 1. The van der Waals surface area contributed by atoms with E-state index in [1.807, 2.05) is 30.3 Å². The van der Waals surface area contributed by atoms with Crippen LogP contribution in [-0.2, 0) is 0 Å². The van der Waals surface area contributed by atoms with E-state index in [1.54, 1.807) is 18.3 Å². The van der Waals surface area contributed by atoms with Gasteiger partial charge in [-0.05, 0) is 38.1 Å². The monoisotopic (exact) mass is 285 g/mol. The van der Waals surface area contributed by atoms with E-state index in [-0.39, 0.29) is 0 Å². The molecule has 0 saturated carbocycles. The highest BCUT2D eigenvalue weighted by Crippen LogP contribution is 2.15. The van der Waals surface area contributed by atoms with Gasteiger partial charge in [0.15, 0.2) is 0 Å². The summed E-state index contributed by atoms with van der Waals surface area (Å²) in [5, 5.41) is 2.65. The molecule has 0 bridgehead atoms. The maximum atomic E-state index is 11.7. The van der Waals surface area contributed by atoms with Gasteiger partial charge in [-0.1, -0.05) is 18.2 Å². The lowest BCUT2D eigenvalue weighted by Crippen LogP contribution is -2.23. The highest BCUT2D eigenvalue weighted by molar-refractivity contribution is 5.86. The summed E-state index contributed by atoms with van der Waals surface area (Å²) >= 11 is 0. The number of benzene rings is 1. The number of rotatable bonds is 5. The lowest BCUT2D eigenvalue weighted by molar-refractivity contribution is 0.215. The summed E-state index contributed by atoms with van der Waals surface area (Å²) in [6.07, 6.45) is 1.10. The molecular weight excluding hydrogens is 266 g/mol. The quantitative estimate of drug-likeness (QED) is 0.913. The van der Waals surface area contributed by atoms with Crippen LogP contribution in [0, 0.1) is 0 Å². The van der Waals surface area contributed by atoms with Gasteiger partial charge in [-0.15, -0.1) is 0 Å². The zero-order valence-corrected chi connectivity index (χ0v) is 12.2. The van der Waals surface area contributed by atoms with Crippen molar-refractivity contribution < 1.29 is 9.53 Å². The van der Waals surface area contributed by atoms with Crippen LogP contribution in [0.5, 0.6) is 5.75 Å². The Morgan fingerprint density at radius 1 is 1.14 bits per heavy atom. The van der Waals surface area contributed by atoms with E-state index in [1.165, 1.54) is 0 Å². The van der Waals surface area contributed by atoms with Gasteiger partial charge in [-0.2, -0.15) is 0 Å². The Balaban J connectivity index is 1.95. The fourth-order valence-electron chi connectivity index (χ4n) is 1.93. The molecule has 1 aromatic carbocycles. The molecule has 0 aliphatic rings. The predicted octanol–water partition coefficient (Wildman–Crippen LogP) is 3.54. The summed E-state index contributed by atoms with van der Waals surface area (Å²) in [5.41, 5.74) is 0.604. The van der Waals surface area contributed by atoms with Gasteiger partial charge >= 0.3 is 6.09 Å². The number of anilines is 2. The number of hydrogen-bond acceptors (Lipinski definition) is 4. The van der Waals surface area contributed by atoms with Crippen molar-refractivity contribution >= 4 is 17.6 Å². The van der Waals surface area contributed by atoms with Crippen LogP contribution in [0.3, 0.4) is 0 Å². The van der Waals surface area contributed by atoms with Crippen molar-refractivity contribution in [2.75, 3.05) is 23.3 Å². The Bertz CT molecular complexity index is 566. The van der Waals surface area contributed by atoms with Crippen LogP contribution >= 0.6 is 0 Å². The molecule has 2 rings (SSSR count). The van der Waals surface area contributed by atoms with Crippen molar-refractivity contribution in [3.63, 3.8) is 0 Å². The second-order valence-electron chi connectivity index (χ2n) is 4.40. The van der Waals surface area contributed by atoms with Crippen LogP contribution in [0.2, 0.25) is 0 Å². The molecule has 1 N–H and O–H groups in total. The number of aromatic nitrogens is 1. The molecule has 0 saturated heterocycles. The van der Waals surface area contributed by atoms with E-state index < -0.39 is 6.09 Å². The SMILES string of the molecule is CCN(CC)c1ccc(NC(=O)Oc2ccccc2)cn1. The number of nitrogens with zero attached hydrogens (tertiary/aromatic N) is 2. The van der Waals surface area contributed by atoms with Gasteiger partial charge < -0.3 is 9.64 Å². The van der Waals surface area contributed by atoms with Crippen molar-refractivity contribution in [1.29, 1.82) is 0 Å². The summed E-state index contributed by atoms with van der Waals surface area (Å²) in [4.78, 5) is 18.2. The Kier molecular flexibility index (Phi) is 5.15. The standard InChI is InChI=1S/C16H19N3O2/c1-3-19(4-2)15-11-10-13(12-17-15)18-16(20)21-14-8-6-5-7-9-14/h5-12H,3-4H2,1-2H3,(H,18,20). The molecule has 2 aromatic rings. The third kappa shape index (κ3) is 4.21. The van der Waals surface area contributed by atoms with Crippen molar-refractivity contribution in [3.8, 4) is 5.75 Å². The van der Waals surface area contributed by atoms with E-state index in [4.69, 9.17) is 4.74 Å². The molecule has 0 aliphatic carbocycles. The summed E-state index contributed by atoms with van der Waals surface area (Å²) in [6.45, 7) is 5.95. The molecule has 1 amide bonds. The van der Waals surface area contributed by atoms with Gasteiger partial charge in [0, 0.05) is 13.1 Å². The van der Waals surface area contributed by atoms with Crippen LogP contribution in [0.25, 0.3) is 0 Å². The van der Waals surface area contributed by atoms with Crippen molar-refractivity contribution in [1.82, 2.24) is 4.98 Å². The first kappa shape index (κ1) is 14.8. The summed E-state index contributed by atoms with van der Waals surface area (Å²) in [7, 11) is 0. The highest BCUT2D eigenvalue weighted by Gasteiger charge is 2.07. The molecule has 0 fully saturated rings. The van der Waals surface area contributed by atoms with E-state index in [0.29, 0.717) is 11.4 Å². The molecule has 5 nitrogen and oxygen atoms in total. The van der Waals surface area contributed by atoms with Crippen molar-refractivity contribution in [2.45, 2.75) is 13.8 Å². The first-order valence-corrected chi connectivity index (χ1v) is 6.97. The van der Waals surface area contributed by atoms with Crippen molar-refractivity contribution in [2.24, 2.45) is 0 Å². The summed E-state index contributed by atoms with van der Waals surface area (Å²) < 4.78 is 5.15. The Morgan fingerprint density at radius 2 is 1.86 bits per heavy atom. The number of ether oxygens (including phenoxy) is 1. The molecule has 110 valence electrons. The van der Waals surface area contributed by atoms with Gasteiger partial charge in [0.25, 0.3) is 0 Å². The molecule has 0 atom stereocenters. The molecule has 0 spiro atoms. The lowest BCUT2D eigenvalue weighted by Gasteiger charge is -2.19. The van der Waals surface area contributed by atoms with Crippen LogP contribution in [0.4, 0.5) is 16.3 Å². The largest absolute Gasteiger partial charge is 0.417 e. The smallest absolute Gasteiger partial charge is 0.410 e. The van der Waals surface area contributed by atoms with Gasteiger partial charge in [-0.3, -0.25) is 5.32 Å². The number of hydrogen-bond donors (Lipinski definition) is 1. The van der Waals surface area contributed by atoms with Crippen LogP contribution in [0.15, 0.2) is 48.7 Å². The predicted molar refractivity (Wildman–Crippen MR) is 83.9 cm³/mol. The zero-order valence-electron chi connectivity index (χ0n) is 12.2. The van der Waals surface area contributed by atoms with E-state index in [0.717, 1.165) is 18.9 Å². The van der Waals surface area contributed by atoms with Gasteiger partial charge in [0.05, 0.1) is 11.9 Å². The van der Waals surface area contributed by atoms with E-state index in [9.17, 15) is 4.79 Å². The second-order valence-corrected chi connectivity index (χ2v) is 4.40. The molecule has 5 heteroatoms. The maximum Gasteiger partial charge on any atom is 0.417 e. The zero-order chi connectivity index (χ0) is 15.1. The summed E-state index contributed by atoms with van der Waals surface area (Å²) in [5.74, 6) is 1.39. The van der Waals surface area contributed by atoms with Crippen LogP contribution in [0.1, 0.15) is 13.8 Å². The van der Waals surface area contributed by atoms with Crippen LogP contribution in [-0.4, -0.2) is 24.2 Å². The van der Waals surface area contributed by atoms with Gasteiger partial charge in [0.2, 0.25) is 0 Å². The van der Waals surface area contributed by atoms with E-state index in [2.05, 4.69) is 29.0 Å². The number of carbonyl (C=O) groups excluding carboxylic acids is 1. The minimum absolute atomic E-state index is 0.503. The first-order valence-electron chi connectivity index (χ1n) is 6.97. The minimum atomic E-state index is -0.529. The maximum absolute atomic E-state index is 11.7. The molecule has 21 heavy (non-hydrogen) atoms. The van der Waals surface area contributed by atoms with E-state index >= 15 is 0 Å². The molecule has 1 aromatic heterocycles. The minimum Gasteiger partial charge on any atom is -0.410 e. The fourth-order valence-corrected chi connectivity index (χ4v) is 1.93. The Labute approximate surface area is 124 Å². The number of carbonyl (C=O) groups is 1. The number of para-hydroxylation sites is 1. The average molecular weight is 285 g/mol. The molecule has 1 heterocycles. The molecular formula is C16H19N3O2. The number of nitrogens with one attached hydrogen (secondary N) is 1. The third-order valence-electron chi connectivity index (χ3n) is 3.04. The summed E-state index contributed by atoms with van der Waals surface area (Å²) in [6, 6.07) is 12.6. The van der Waals surface area contributed by atoms with Gasteiger partial charge in [0.1, 0.15) is 11.6 Å².